The summed E-state index contributed by atoms with van der Waals surface area (Å²) in [6, 6.07) is 9.78. The van der Waals surface area contributed by atoms with Crippen molar-refractivity contribution in [3.63, 3.8) is 0 Å². The normalized spacial score (nSPS) is 23.0. The number of likely N-dealkylation sites (tertiary alicyclic amines) is 1. The van der Waals surface area contributed by atoms with Gasteiger partial charge in [-0.15, -0.1) is 0 Å². The van der Waals surface area contributed by atoms with E-state index in [1.165, 1.54) is 56.3 Å². The average Bonchev–Trinajstić information content (AvgIpc) is 3.28. The van der Waals surface area contributed by atoms with Gasteiger partial charge in [-0.3, -0.25) is 4.90 Å². The molecule has 3 rings (SSSR count). The molecule has 1 N–H and O–H groups in total. The van der Waals surface area contributed by atoms with Gasteiger partial charge in [0.2, 0.25) is 0 Å². The molecule has 2 fully saturated rings. The maximum Gasteiger partial charge on any atom is 0.0236 e. The minimum absolute atomic E-state index is 0.530. The molecular weight excluding hydrogens is 256 g/mol. The number of benzene rings is 1. The van der Waals surface area contributed by atoms with Gasteiger partial charge in [0.05, 0.1) is 0 Å². The first-order valence-corrected chi connectivity index (χ1v) is 8.65. The van der Waals surface area contributed by atoms with Crippen LogP contribution >= 0.6 is 0 Å². The van der Waals surface area contributed by atoms with E-state index in [9.17, 15) is 0 Å². The van der Waals surface area contributed by atoms with Crippen LogP contribution in [-0.2, 0) is 13.1 Å². The van der Waals surface area contributed by atoms with Crippen molar-refractivity contribution in [1.29, 1.82) is 0 Å². The number of hydrogen-bond donors (Lipinski definition) is 1. The minimum atomic E-state index is 0.530. The summed E-state index contributed by atoms with van der Waals surface area (Å²) in [7, 11) is 0. The Bertz CT molecular complexity index is 462. The van der Waals surface area contributed by atoms with Gasteiger partial charge < -0.3 is 5.32 Å². The third-order valence-corrected chi connectivity index (χ3v) is 5.10. The van der Waals surface area contributed by atoms with Crippen molar-refractivity contribution in [2.45, 2.75) is 65.1 Å². The van der Waals surface area contributed by atoms with Gasteiger partial charge in [0.15, 0.2) is 0 Å². The van der Waals surface area contributed by atoms with Crippen LogP contribution in [0.25, 0.3) is 0 Å². The van der Waals surface area contributed by atoms with Gasteiger partial charge in [0, 0.05) is 19.1 Å². The Morgan fingerprint density at radius 3 is 2.62 bits per heavy atom. The van der Waals surface area contributed by atoms with Gasteiger partial charge in [-0.2, -0.15) is 0 Å². The Morgan fingerprint density at radius 1 is 1.10 bits per heavy atom. The number of rotatable bonds is 5. The number of nitrogens with zero attached hydrogens (tertiary/aromatic N) is 1. The second-order valence-corrected chi connectivity index (χ2v) is 7.72. The molecule has 0 atom stereocenters. The molecule has 2 nitrogen and oxygen atoms in total. The fourth-order valence-electron chi connectivity index (χ4n) is 3.30. The largest absolute Gasteiger partial charge is 0.310 e. The van der Waals surface area contributed by atoms with E-state index < -0.39 is 0 Å². The van der Waals surface area contributed by atoms with Crippen molar-refractivity contribution in [2.75, 3.05) is 13.1 Å². The fraction of sp³-hybridized carbons (Fsp3) is 0.684. The summed E-state index contributed by atoms with van der Waals surface area (Å²) < 4.78 is 0. The van der Waals surface area contributed by atoms with Gasteiger partial charge in [-0.1, -0.05) is 38.1 Å². The van der Waals surface area contributed by atoms with Crippen LogP contribution in [0, 0.1) is 5.41 Å². The molecule has 2 heteroatoms. The van der Waals surface area contributed by atoms with Crippen LogP contribution in [0.15, 0.2) is 24.3 Å². The van der Waals surface area contributed by atoms with Gasteiger partial charge in [0.25, 0.3) is 0 Å². The summed E-state index contributed by atoms with van der Waals surface area (Å²) in [5.41, 5.74) is 3.54. The summed E-state index contributed by atoms with van der Waals surface area (Å²) in [4.78, 5) is 2.66. The molecule has 21 heavy (non-hydrogen) atoms. The smallest absolute Gasteiger partial charge is 0.0236 e. The molecule has 1 aliphatic carbocycles. The van der Waals surface area contributed by atoms with E-state index in [-0.39, 0.29) is 0 Å². The topological polar surface area (TPSA) is 15.3 Å². The zero-order chi connectivity index (χ0) is 14.7. The Morgan fingerprint density at radius 2 is 1.86 bits per heavy atom. The van der Waals surface area contributed by atoms with Crippen molar-refractivity contribution >= 4 is 0 Å². The average molecular weight is 286 g/mol. The van der Waals surface area contributed by atoms with Crippen LogP contribution in [-0.4, -0.2) is 24.0 Å². The monoisotopic (exact) mass is 286 g/mol. The molecule has 0 amide bonds. The Kier molecular flexibility index (Phi) is 4.66. The number of hydrogen-bond acceptors (Lipinski definition) is 2. The second-order valence-electron chi connectivity index (χ2n) is 7.72. The molecule has 0 spiro atoms. The first-order chi connectivity index (χ1) is 10.1. The zero-order valence-electron chi connectivity index (χ0n) is 13.7. The third kappa shape index (κ3) is 4.55. The predicted molar refractivity (Wildman–Crippen MR) is 89.2 cm³/mol. The first kappa shape index (κ1) is 15.1. The lowest BCUT2D eigenvalue weighted by atomic mass is 9.85. The number of nitrogens with one attached hydrogen (secondary N) is 1. The molecule has 1 aromatic rings. The molecule has 116 valence electrons. The van der Waals surface area contributed by atoms with Gasteiger partial charge >= 0.3 is 0 Å². The quantitative estimate of drug-likeness (QED) is 0.881. The molecule has 0 unspecified atom stereocenters. The molecule has 1 aliphatic heterocycles. The molecule has 1 heterocycles. The highest BCUT2D eigenvalue weighted by molar-refractivity contribution is 5.27. The van der Waals surface area contributed by atoms with Crippen LogP contribution in [0.4, 0.5) is 0 Å². The SMILES string of the molecule is CC1(C)CCCN(Cc2ccccc2CNC2CC2)CC1. The van der Waals surface area contributed by atoms with Crippen LogP contribution in [0.1, 0.15) is 57.1 Å². The van der Waals surface area contributed by atoms with Crippen molar-refractivity contribution < 1.29 is 0 Å². The van der Waals surface area contributed by atoms with E-state index in [0.29, 0.717) is 5.41 Å². The van der Waals surface area contributed by atoms with Gasteiger partial charge in [-0.25, -0.2) is 0 Å². The van der Waals surface area contributed by atoms with Crippen molar-refractivity contribution in [2.24, 2.45) is 5.41 Å². The second kappa shape index (κ2) is 6.50. The highest BCUT2D eigenvalue weighted by Gasteiger charge is 2.24. The van der Waals surface area contributed by atoms with Crippen LogP contribution in [0.5, 0.6) is 0 Å². The lowest BCUT2D eigenvalue weighted by molar-refractivity contribution is 0.255. The van der Waals surface area contributed by atoms with Crippen molar-refractivity contribution in [3.05, 3.63) is 35.4 Å². The third-order valence-electron chi connectivity index (χ3n) is 5.10. The van der Waals surface area contributed by atoms with Crippen LogP contribution < -0.4 is 5.32 Å². The fourth-order valence-corrected chi connectivity index (χ4v) is 3.30. The highest BCUT2D eigenvalue weighted by atomic mass is 15.1. The zero-order valence-corrected chi connectivity index (χ0v) is 13.7. The van der Waals surface area contributed by atoms with Gasteiger partial charge in [0.1, 0.15) is 0 Å². The highest BCUT2D eigenvalue weighted by Crippen LogP contribution is 2.30. The lowest BCUT2D eigenvalue weighted by Crippen LogP contribution is -2.26. The van der Waals surface area contributed by atoms with Crippen molar-refractivity contribution in [3.8, 4) is 0 Å². The summed E-state index contributed by atoms with van der Waals surface area (Å²) in [5.74, 6) is 0. The van der Waals surface area contributed by atoms with E-state index in [0.717, 1.165) is 19.1 Å². The van der Waals surface area contributed by atoms with E-state index in [4.69, 9.17) is 0 Å². The maximum absolute atomic E-state index is 3.66. The Labute approximate surface area is 129 Å². The van der Waals surface area contributed by atoms with Crippen molar-refractivity contribution in [1.82, 2.24) is 10.2 Å². The standard InChI is InChI=1S/C19H30N2/c1-19(2)10-5-12-21(13-11-19)15-17-7-4-3-6-16(17)14-20-18-8-9-18/h3-4,6-7,18,20H,5,8-15H2,1-2H3. The van der Waals surface area contributed by atoms with E-state index >= 15 is 0 Å². The molecule has 0 bridgehead atoms. The molecular formula is C19H30N2. The minimum Gasteiger partial charge on any atom is -0.310 e. The lowest BCUT2D eigenvalue weighted by Gasteiger charge is -2.24. The summed E-state index contributed by atoms with van der Waals surface area (Å²) in [5, 5.41) is 3.66. The molecule has 1 aromatic carbocycles. The first-order valence-electron chi connectivity index (χ1n) is 8.65. The van der Waals surface area contributed by atoms with Crippen LogP contribution in [0.2, 0.25) is 0 Å². The Hall–Kier alpha value is -0.860. The summed E-state index contributed by atoms with van der Waals surface area (Å²) in [6.07, 6.45) is 6.77. The molecule has 2 aliphatic rings. The predicted octanol–water partition coefficient (Wildman–Crippen LogP) is 3.95. The van der Waals surface area contributed by atoms with Gasteiger partial charge in [-0.05, 0) is 61.7 Å². The van der Waals surface area contributed by atoms with Crippen LogP contribution in [0.3, 0.4) is 0 Å². The van der Waals surface area contributed by atoms with E-state index in [1.807, 2.05) is 0 Å². The van der Waals surface area contributed by atoms with E-state index in [1.54, 1.807) is 0 Å². The molecule has 1 saturated carbocycles. The Balaban J connectivity index is 1.60. The summed E-state index contributed by atoms with van der Waals surface area (Å²) >= 11 is 0. The van der Waals surface area contributed by atoms with E-state index in [2.05, 4.69) is 48.3 Å². The molecule has 0 aromatic heterocycles. The maximum atomic E-state index is 3.66. The molecule has 0 radical (unpaired) electrons. The molecule has 1 saturated heterocycles. The summed E-state index contributed by atoms with van der Waals surface area (Å²) in [6.45, 7) is 9.51.